The third kappa shape index (κ3) is 4.83. The van der Waals surface area contributed by atoms with Crippen LogP contribution in [0.2, 0.25) is 0 Å². The summed E-state index contributed by atoms with van der Waals surface area (Å²) < 4.78 is 57.4. The summed E-state index contributed by atoms with van der Waals surface area (Å²) in [6.45, 7) is -3.02. The van der Waals surface area contributed by atoms with E-state index in [0.717, 1.165) is 44.9 Å². The van der Waals surface area contributed by atoms with Crippen molar-refractivity contribution in [2.24, 2.45) is 0 Å². The first-order valence-corrected chi connectivity index (χ1v) is 11.3. The van der Waals surface area contributed by atoms with E-state index in [1.807, 2.05) is 66.7 Å². The zero-order chi connectivity index (χ0) is 25.2. The Morgan fingerprint density at radius 1 is 0.722 bits per heavy atom. The van der Waals surface area contributed by atoms with Crippen molar-refractivity contribution in [2.75, 3.05) is 11.9 Å². The second-order valence-corrected chi connectivity index (χ2v) is 8.40. The molecule has 0 unspecified atom stereocenters. The Bertz CT molecular complexity index is 1520. The maximum absolute atomic E-state index is 14.3. The zero-order valence-corrected chi connectivity index (χ0v) is 18.9. The van der Waals surface area contributed by atoms with Crippen molar-refractivity contribution in [3.8, 4) is 16.9 Å². The highest BCUT2D eigenvalue weighted by Gasteiger charge is 2.18. The van der Waals surface area contributed by atoms with Crippen molar-refractivity contribution < 1.29 is 27.4 Å². The maximum Gasteiger partial charge on any atom is 0.387 e. The number of benzene rings is 5. The Labute approximate surface area is 204 Å². The van der Waals surface area contributed by atoms with Gasteiger partial charge in [0.15, 0.2) is 17.4 Å². The molecule has 36 heavy (non-hydrogen) atoms. The Morgan fingerprint density at radius 2 is 1.47 bits per heavy atom. The van der Waals surface area contributed by atoms with Crippen LogP contribution in [-0.4, -0.2) is 18.3 Å². The summed E-state index contributed by atoms with van der Waals surface area (Å²) in [7, 11) is 0. The number of alkyl halides is 2. The molecule has 5 aromatic rings. The molecule has 7 heteroatoms. The number of aliphatic hydroxyl groups is 1. The normalized spacial score (nSPS) is 12.3. The third-order valence-corrected chi connectivity index (χ3v) is 6.05. The first-order valence-electron chi connectivity index (χ1n) is 11.3. The van der Waals surface area contributed by atoms with Gasteiger partial charge in [0.25, 0.3) is 0 Å². The highest BCUT2D eigenvalue weighted by molar-refractivity contribution is 6.04. The average molecular weight is 491 g/mol. The van der Waals surface area contributed by atoms with E-state index < -0.39 is 30.1 Å². The fraction of sp³-hybridized carbons (Fsp3) is 0.103. The molecule has 0 aromatic heterocycles. The van der Waals surface area contributed by atoms with E-state index in [4.69, 9.17) is 0 Å². The van der Waals surface area contributed by atoms with Gasteiger partial charge in [-0.25, -0.2) is 8.78 Å². The van der Waals surface area contributed by atoms with Gasteiger partial charge in [-0.1, -0.05) is 54.6 Å². The van der Waals surface area contributed by atoms with Crippen LogP contribution in [0.4, 0.5) is 23.2 Å². The summed E-state index contributed by atoms with van der Waals surface area (Å²) in [6, 6.07) is 26.4. The van der Waals surface area contributed by atoms with Gasteiger partial charge in [-0.15, -0.1) is 0 Å². The van der Waals surface area contributed by atoms with Crippen LogP contribution in [0.5, 0.6) is 5.75 Å². The van der Waals surface area contributed by atoms with Crippen LogP contribution in [-0.2, 0) is 0 Å². The molecule has 0 radical (unpaired) electrons. The van der Waals surface area contributed by atoms with E-state index in [1.165, 1.54) is 0 Å². The fourth-order valence-electron chi connectivity index (χ4n) is 4.29. The number of rotatable bonds is 7. The SMILES string of the molecule is O[C@@H](CNc1cccc2cc3ccc(-c4cc(F)c(OC(F)F)c(F)c4)cc3cc12)c1ccccc1. The number of halogens is 4. The Balaban J connectivity index is 1.49. The molecule has 0 saturated carbocycles. The number of nitrogens with one attached hydrogen (secondary N) is 1. The van der Waals surface area contributed by atoms with Gasteiger partial charge in [-0.05, 0) is 69.2 Å². The van der Waals surface area contributed by atoms with Crippen LogP contribution in [0.1, 0.15) is 11.7 Å². The Hall–Kier alpha value is -4.10. The highest BCUT2D eigenvalue weighted by Crippen LogP contribution is 2.34. The third-order valence-electron chi connectivity index (χ3n) is 6.05. The summed E-state index contributed by atoms with van der Waals surface area (Å²) in [5.41, 5.74) is 2.37. The molecule has 0 saturated heterocycles. The molecule has 0 amide bonds. The summed E-state index contributed by atoms with van der Waals surface area (Å²) >= 11 is 0. The predicted molar refractivity (Wildman–Crippen MR) is 133 cm³/mol. The molecule has 0 aliphatic rings. The maximum atomic E-state index is 14.3. The monoisotopic (exact) mass is 491 g/mol. The van der Waals surface area contributed by atoms with Gasteiger partial charge >= 0.3 is 6.61 Å². The smallest absolute Gasteiger partial charge is 0.387 e. The zero-order valence-electron chi connectivity index (χ0n) is 18.9. The molecular formula is C29H21F4NO2. The number of hydrogen-bond acceptors (Lipinski definition) is 3. The van der Waals surface area contributed by atoms with Gasteiger partial charge in [0.1, 0.15) is 0 Å². The van der Waals surface area contributed by atoms with Crippen molar-refractivity contribution in [1.29, 1.82) is 0 Å². The second-order valence-electron chi connectivity index (χ2n) is 8.40. The van der Waals surface area contributed by atoms with Crippen LogP contribution in [0, 0.1) is 11.6 Å². The minimum Gasteiger partial charge on any atom is -0.429 e. The lowest BCUT2D eigenvalue weighted by molar-refractivity contribution is -0.0546. The quantitative estimate of drug-likeness (QED) is 0.181. The van der Waals surface area contributed by atoms with E-state index in [9.17, 15) is 22.7 Å². The van der Waals surface area contributed by atoms with Crippen molar-refractivity contribution >= 4 is 27.2 Å². The molecule has 5 aromatic carbocycles. The largest absolute Gasteiger partial charge is 0.429 e. The minimum atomic E-state index is -3.33. The molecule has 182 valence electrons. The van der Waals surface area contributed by atoms with Gasteiger partial charge in [-0.2, -0.15) is 8.78 Å². The lowest BCUT2D eigenvalue weighted by atomic mass is 9.97. The fourth-order valence-corrected chi connectivity index (χ4v) is 4.29. The first-order chi connectivity index (χ1) is 17.4. The molecule has 0 bridgehead atoms. The van der Waals surface area contributed by atoms with Crippen molar-refractivity contribution in [2.45, 2.75) is 12.7 Å². The van der Waals surface area contributed by atoms with Crippen LogP contribution in [0.25, 0.3) is 32.7 Å². The molecule has 0 fully saturated rings. The minimum absolute atomic E-state index is 0.200. The summed E-state index contributed by atoms with van der Waals surface area (Å²) in [5, 5.41) is 17.5. The molecule has 3 nitrogen and oxygen atoms in total. The lowest BCUT2D eigenvalue weighted by Crippen LogP contribution is -2.12. The van der Waals surface area contributed by atoms with Crippen molar-refractivity contribution in [1.82, 2.24) is 0 Å². The van der Waals surface area contributed by atoms with E-state index in [1.54, 1.807) is 12.1 Å². The van der Waals surface area contributed by atoms with Crippen LogP contribution < -0.4 is 10.1 Å². The second kappa shape index (κ2) is 9.87. The number of fused-ring (bicyclic) bond motifs is 2. The van der Waals surface area contributed by atoms with Crippen LogP contribution in [0.15, 0.2) is 91.0 Å². The van der Waals surface area contributed by atoms with Crippen LogP contribution >= 0.6 is 0 Å². The van der Waals surface area contributed by atoms with E-state index in [-0.39, 0.29) is 5.56 Å². The molecule has 1 atom stereocenters. The van der Waals surface area contributed by atoms with Gasteiger partial charge in [-0.3, -0.25) is 0 Å². The van der Waals surface area contributed by atoms with Crippen molar-refractivity contribution in [3.05, 3.63) is 108 Å². The Morgan fingerprint density at radius 3 is 2.19 bits per heavy atom. The van der Waals surface area contributed by atoms with E-state index in [2.05, 4.69) is 10.1 Å². The molecule has 0 aliphatic carbocycles. The number of hydrogen-bond donors (Lipinski definition) is 2. The summed E-state index contributed by atoms with van der Waals surface area (Å²) in [4.78, 5) is 0. The van der Waals surface area contributed by atoms with Crippen molar-refractivity contribution in [3.63, 3.8) is 0 Å². The van der Waals surface area contributed by atoms with Gasteiger partial charge in [0, 0.05) is 17.6 Å². The predicted octanol–water partition coefficient (Wildman–Crippen LogP) is 7.69. The molecule has 5 rings (SSSR count). The Kier molecular flexibility index (Phi) is 6.48. The lowest BCUT2D eigenvalue weighted by Gasteiger charge is -2.15. The molecule has 0 aliphatic heterocycles. The van der Waals surface area contributed by atoms with E-state index >= 15 is 0 Å². The number of anilines is 1. The standard InChI is InChI=1S/C29H21F4NO2/c30-24-14-22(15-25(31)28(24)36-29(32)33)19-10-9-18-11-20-7-4-8-26(23(20)13-21(18)12-19)34-16-27(35)17-5-2-1-3-6-17/h1-15,27,29,34-35H,16H2/t27-/m0/s1. The van der Waals surface area contributed by atoms with Gasteiger partial charge < -0.3 is 15.2 Å². The molecule has 0 spiro atoms. The van der Waals surface area contributed by atoms with Gasteiger partial charge in [0.2, 0.25) is 0 Å². The number of aliphatic hydroxyl groups excluding tert-OH is 1. The topological polar surface area (TPSA) is 41.5 Å². The summed E-state index contributed by atoms with van der Waals surface area (Å²) in [5.74, 6) is -3.51. The summed E-state index contributed by atoms with van der Waals surface area (Å²) in [6.07, 6.45) is -0.685. The molecule has 0 heterocycles. The van der Waals surface area contributed by atoms with E-state index in [0.29, 0.717) is 12.1 Å². The average Bonchev–Trinajstić information content (AvgIpc) is 2.88. The highest BCUT2D eigenvalue weighted by atomic mass is 19.3. The van der Waals surface area contributed by atoms with Gasteiger partial charge in [0.05, 0.1) is 6.10 Å². The molecule has 2 N–H and O–H groups in total. The first kappa shape index (κ1) is 23.6. The number of ether oxygens (including phenoxy) is 1. The van der Waals surface area contributed by atoms with Crippen LogP contribution in [0.3, 0.4) is 0 Å². The molecular weight excluding hydrogens is 470 g/mol.